The highest BCUT2D eigenvalue weighted by atomic mass is 19.4. The van der Waals surface area contributed by atoms with Crippen LogP contribution in [0.5, 0.6) is 5.75 Å². The predicted molar refractivity (Wildman–Crippen MR) is 70.4 cm³/mol. The molecule has 0 spiro atoms. The number of nitrogens with one attached hydrogen (secondary N) is 1. The fraction of sp³-hybridized carbons (Fsp3) is 0.462. The molecule has 0 heterocycles. The summed E-state index contributed by atoms with van der Waals surface area (Å²) in [7, 11) is 1.12. The average Bonchev–Trinajstić information content (AvgIpc) is 2.50. The number of hydrogen-bond donors (Lipinski definition) is 1. The molecule has 16 heteroatoms. The fourth-order valence-electron chi connectivity index (χ4n) is 1.94. The van der Waals surface area contributed by atoms with Crippen LogP contribution in [0.2, 0.25) is 0 Å². The first-order valence-electron chi connectivity index (χ1n) is 6.83. The van der Waals surface area contributed by atoms with Crippen LogP contribution in [0.25, 0.3) is 0 Å². The third-order valence-electron chi connectivity index (χ3n) is 3.25. The number of halogens is 12. The molecule has 1 aromatic rings. The lowest BCUT2D eigenvalue weighted by Crippen LogP contribution is -2.73. The summed E-state index contributed by atoms with van der Waals surface area (Å²) in [6.45, 7) is 0. The Morgan fingerprint density at radius 1 is 0.828 bits per heavy atom. The molecular formula is C13H8F12N2O2. The summed E-state index contributed by atoms with van der Waals surface area (Å²) in [5.41, 5.74) is -7.81. The van der Waals surface area contributed by atoms with Gasteiger partial charge < -0.3 is 10.1 Å². The Morgan fingerprint density at radius 2 is 1.24 bits per heavy atom. The van der Waals surface area contributed by atoms with Gasteiger partial charge in [0.15, 0.2) is 0 Å². The lowest BCUT2D eigenvalue weighted by Gasteiger charge is -2.40. The number of rotatable bonds is 5. The molecule has 1 aromatic carbocycles. The van der Waals surface area contributed by atoms with Crippen LogP contribution in [0.4, 0.5) is 58.4 Å². The minimum absolute atomic E-state index is 0.0102. The van der Waals surface area contributed by atoms with Crippen molar-refractivity contribution in [1.82, 2.24) is 4.90 Å². The molecular weight excluding hydrogens is 444 g/mol. The Bertz CT molecular complexity index is 711. The van der Waals surface area contributed by atoms with Crippen LogP contribution in [0.1, 0.15) is 0 Å². The molecule has 0 saturated carbocycles. The van der Waals surface area contributed by atoms with Crippen molar-refractivity contribution in [3.63, 3.8) is 0 Å². The molecule has 29 heavy (non-hydrogen) atoms. The van der Waals surface area contributed by atoms with Gasteiger partial charge in [-0.3, -0.25) is 4.79 Å². The Morgan fingerprint density at radius 3 is 1.55 bits per heavy atom. The van der Waals surface area contributed by atoms with E-state index in [0.717, 1.165) is 24.6 Å². The number of carbonyl (C=O) groups excluding carboxylic acids is 1. The Balaban J connectivity index is 3.53. The summed E-state index contributed by atoms with van der Waals surface area (Å²) < 4.78 is 160. The maximum atomic E-state index is 14.3. The fourth-order valence-corrected chi connectivity index (χ4v) is 1.94. The van der Waals surface area contributed by atoms with Gasteiger partial charge in [0.1, 0.15) is 5.75 Å². The molecule has 0 aliphatic heterocycles. The molecule has 166 valence electrons. The first-order valence-corrected chi connectivity index (χ1v) is 6.83. The van der Waals surface area contributed by atoms with Gasteiger partial charge in [-0.25, -0.2) is 4.39 Å². The van der Waals surface area contributed by atoms with E-state index in [4.69, 9.17) is 0 Å². The van der Waals surface area contributed by atoms with Gasteiger partial charge in [0.05, 0.1) is 7.11 Å². The van der Waals surface area contributed by atoms with Crippen LogP contribution in [0.3, 0.4) is 0 Å². The normalized spacial score (nSPS) is 15.8. The quantitative estimate of drug-likeness (QED) is 0.514. The van der Waals surface area contributed by atoms with Crippen molar-refractivity contribution in [2.75, 3.05) is 12.4 Å². The van der Waals surface area contributed by atoms with Crippen LogP contribution >= 0.6 is 0 Å². The van der Waals surface area contributed by atoms with E-state index in [1.165, 1.54) is 0 Å². The monoisotopic (exact) mass is 452 g/mol. The zero-order chi connectivity index (χ0) is 23.1. The lowest BCUT2D eigenvalue weighted by atomic mass is 9.99. The van der Waals surface area contributed by atoms with Gasteiger partial charge in [-0.2, -0.15) is 48.3 Å². The van der Waals surface area contributed by atoms with Crippen LogP contribution in [0.15, 0.2) is 24.3 Å². The van der Waals surface area contributed by atoms with Crippen LogP contribution in [-0.2, 0) is 4.79 Å². The van der Waals surface area contributed by atoms with Crippen molar-refractivity contribution >= 4 is 11.6 Å². The van der Waals surface area contributed by atoms with Gasteiger partial charge >= 0.3 is 30.5 Å². The molecule has 0 fully saturated rings. The summed E-state index contributed by atoms with van der Waals surface area (Å²) in [4.78, 5) is 7.63. The standard InChI is InChI=1S/C13H8F12N2O2/c1-29-7-4-2-6(3-5-7)26-8(28)9(14,10(15,16)17)11(18,19)27(12(20,21)22)13(23,24)25/h2-5H,1H3,(H,26,28). The van der Waals surface area contributed by atoms with Crippen molar-refractivity contribution in [2.24, 2.45) is 0 Å². The van der Waals surface area contributed by atoms with Crippen molar-refractivity contribution < 1.29 is 62.2 Å². The minimum atomic E-state index is -7.47. The number of methoxy groups -OCH3 is 1. The predicted octanol–water partition coefficient (Wildman–Crippen LogP) is 4.84. The van der Waals surface area contributed by atoms with Gasteiger partial charge in [-0.1, -0.05) is 4.90 Å². The molecule has 0 saturated heterocycles. The van der Waals surface area contributed by atoms with E-state index in [2.05, 4.69) is 4.74 Å². The molecule has 0 aliphatic rings. The van der Waals surface area contributed by atoms with E-state index in [1.807, 2.05) is 0 Å². The third-order valence-corrected chi connectivity index (χ3v) is 3.25. The summed E-state index contributed by atoms with van der Waals surface area (Å²) in [5.74, 6) is -3.50. The minimum Gasteiger partial charge on any atom is -0.497 e. The topological polar surface area (TPSA) is 41.6 Å². The molecule has 4 nitrogen and oxygen atoms in total. The number of amides is 1. The highest BCUT2D eigenvalue weighted by Gasteiger charge is 2.84. The molecule has 0 aliphatic carbocycles. The van der Waals surface area contributed by atoms with E-state index in [0.29, 0.717) is 12.1 Å². The van der Waals surface area contributed by atoms with Crippen molar-refractivity contribution in [3.8, 4) is 5.75 Å². The average molecular weight is 452 g/mol. The first-order chi connectivity index (χ1) is 12.8. The van der Waals surface area contributed by atoms with Crippen molar-refractivity contribution in [3.05, 3.63) is 24.3 Å². The number of nitrogens with zero attached hydrogens (tertiary/aromatic N) is 1. The summed E-state index contributed by atoms with van der Waals surface area (Å²) in [6.07, 6.45) is -21.7. The number of anilines is 1. The van der Waals surface area contributed by atoms with Gasteiger partial charge in [-0.15, -0.1) is 0 Å². The number of alkyl halides is 12. The van der Waals surface area contributed by atoms with Crippen LogP contribution in [0, 0.1) is 0 Å². The zero-order valence-corrected chi connectivity index (χ0v) is 13.6. The van der Waals surface area contributed by atoms with E-state index >= 15 is 0 Å². The lowest BCUT2D eigenvalue weighted by molar-refractivity contribution is -0.468. The first kappa shape index (κ1) is 24.6. The molecule has 1 atom stereocenters. The van der Waals surface area contributed by atoms with Gasteiger partial charge in [0.2, 0.25) is 0 Å². The summed E-state index contributed by atoms with van der Waals surface area (Å²) >= 11 is 0. The number of hydrogen-bond acceptors (Lipinski definition) is 3. The second-order valence-electron chi connectivity index (χ2n) is 5.15. The molecule has 1 amide bonds. The summed E-state index contributed by atoms with van der Waals surface area (Å²) in [6, 6.07) is -4.32. The van der Waals surface area contributed by atoms with Gasteiger partial charge in [-0.05, 0) is 24.3 Å². The van der Waals surface area contributed by atoms with E-state index in [-0.39, 0.29) is 5.75 Å². The van der Waals surface area contributed by atoms with Crippen molar-refractivity contribution in [2.45, 2.75) is 30.5 Å². The number of ether oxygens (including phenoxy) is 1. The van der Waals surface area contributed by atoms with E-state index in [1.54, 1.807) is 0 Å². The van der Waals surface area contributed by atoms with Crippen LogP contribution in [-0.4, -0.2) is 48.4 Å². The number of carbonyl (C=O) groups is 1. The Labute approximate surface area is 153 Å². The molecule has 0 radical (unpaired) electrons. The zero-order valence-electron chi connectivity index (χ0n) is 13.6. The largest absolute Gasteiger partial charge is 0.497 e. The van der Waals surface area contributed by atoms with Crippen molar-refractivity contribution in [1.29, 1.82) is 0 Å². The molecule has 1 unspecified atom stereocenters. The second kappa shape index (κ2) is 7.46. The Kier molecular flexibility index (Phi) is 6.34. The summed E-state index contributed by atoms with van der Waals surface area (Å²) in [5, 5.41) is 0.873. The smallest absolute Gasteiger partial charge is 0.472 e. The van der Waals surface area contributed by atoms with Gasteiger partial charge in [0, 0.05) is 5.69 Å². The highest BCUT2D eigenvalue weighted by molar-refractivity contribution is 5.98. The maximum Gasteiger partial charge on any atom is 0.472 e. The van der Waals surface area contributed by atoms with Gasteiger partial charge in [0.25, 0.3) is 5.91 Å². The second-order valence-corrected chi connectivity index (χ2v) is 5.15. The maximum absolute atomic E-state index is 14.3. The highest BCUT2D eigenvalue weighted by Crippen LogP contribution is 2.53. The molecule has 0 aromatic heterocycles. The Hall–Kier alpha value is -2.39. The van der Waals surface area contributed by atoms with E-state index < -0.39 is 47.0 Å². The molecule has 1 rings (SSSR count). The SMILES string of the molecule is COc1ccc(NC(=O)C(F)(C(F)(F)F)C(F)(F)N(C(F)(F)F)C(F)(F)F)cc1. The molecule has 1 N–H and O–H groups in total. The third kappa shape index (κ3) is 4.62. The van der Waals surface area contributed by atoms with Crippen LogP contribution < -0.4 is 10.1 Å². The van der Waals surface area contributed by atoms with E-state index in [9.17, 15) is 57.5 Å². The number of benzene rings is 1. The molecule has 0 bridgehead atoms.